The number of hydrogen-bond donors (Lipinski definition) is 2. The summed E-state index contributed by atoms with van der Waals surface area (Å²) >= 11 is 0. The van der Waals surface area contributed by atoms with Gasteiger partial charge in [-0.3, -0.25) is 4.79 Å². The van der Waals surface area contributed by atoms with E-state index in [2.05, 4.69) is 10.6 Å². The molecule has 6 nitrogen and oxygen atoms in total. The number of carbonyl (C=O) groups is 1. The molecule has 0 spiro atoms. The van der Waals surface area contributed by atoms with Gasteiger partial charge in [-0.1, -0.05) is 0 Å². The second-order valence-corrected chi connectivity index (χ2v) is 6.12. The van der Waals surface area contributed by atoms with Crippen molar-refractivity contribution < 1.29 is 13.6 Å². The lowest BCUT2D eigenvalue weighted by atomic mass is 9.95. The Labute approximate surface area is 140 Å². The van der Waals surface area contributed by atoms with E-state index in [4.69, 9.17) is 8.83 Å². The molecule has 0 aromatic carbocycles. The Hall–Kier alpha value is -2.34. The first-order chi connectivity index (χ1) is 11.6. The van der Waals surface area contributed by atoms with Crippen LogP contribution in [0.3, 0.4) is 0 Å². The molecule has 1 saturated heterocycles. The van der Waals surface area contributed by atoms with Crippen LogP contribution in [0.2, 0.25) is 0 Å². The molecule has 0 saturated carbocycles. The molecule has 6 heteroatoms. The van der Waals surface area contributed by atoms with E-state index in [1.54, 1.807) is 19.3 Å². The predicted octanol–water partition coefficient (Wildman–Crippen LogP) is 1.98. The molecule has 0 bridgehead atoms. The van der Waals surface area contributed by atoms with Crippen LogP contribution in [0, 0.1) is 6.92 Å². The quantitative estimate of drug-likeness (QED) is 0.876. The third-order valence-corrected chi connectivity index (χ3v) is 4.33. The molecule has 1 unspecified atom stereocenters. The molecule has 3 heterocycles. The summed E-state index contributed by atoms with van der Waals surface area (Å²) in [4.78, 5) is 24.6. The van der Waals surface area contributed by atoms with Crippen LogP contribution in [0.5, 0.6) is 0 Å². The maximum atomic E-state index is 12.3. The molecular formula is C18H22N2O4. The van der Waals surface area contributed by atoms with Gasteiger partial charge in [-0.2, -0.15) is 0 Å². The summed E-state index contributed by atoms with van der Waals surface area (Å²) in [5.74, 6) is 1.25. The zero-order valence-electron chi connectivity index (χ0n) is 13.8. The van der Waals surface area contributed by atoms with Gasteiger partial charge in [0.25, 0.3) is 5.91 Å². The van der Waals surface area contributed by atoms with Crippen molar-refractivity contribution in [1.82, 2.24) is 10.6 Å². The molecule has 0 aliphatic carbocycles. The molecule has 1 fully saturated rings. The zero-order chi connectivity index (χ0) is 16.9. The minimum Gasteiger partial charge on any atom is -0.469 e. The van der Waals surface area contributed by atoms with Gasteiger partial charge in [0, 0.05) is 25.4 Å². The highest BCUT2D eigenvalue weighted by atomic mass is 16.4. The summed E-state index contributed by atoms with van der Waals surface area (Å²) in [5.41, 5.74) is 0.176. The minimum atomic E-state index is -0.564. The first-order valence-electron chi connectivity index (χ1n) is 8.31. The van der Waals surface area contributed by atoms with Crippen LogP contribution in [0.25, 0.3) is 0 Å². The summed E-state index contributed by atoms with van der Waals surface area (Å²) in [6.45, 7) is 3.98. The minimum absolute atomic E-state index is 0.0852. The van der Waals surface area contributed by atoms with Crippen molar-refractivity contribution in [2.45, 2.75) is 32.1 Å². The van der Waals surface area contributed by atoms with Gasteiger partial charge in [0.1, 0.15) is 17.1 Å². The largest absolute Gasteiger partial charge is 0.469 e. The summed E-state index contributed by atoms with van der Waals surface area (Å²) in [5, 5.41) is 6.05. The summed E-state index contributed by atoms with van der Waals surface area (Å²) in [6, 6.07) is 5.47. The molecule has 2 aromatic heterocycles. The van der Waals surface area contributed by atoms with E-state index in [0.29, 0.717) is 24.3 Å². The SMILES string of the molecule is Cc1cc(C2CCCNC2)oc(=O)c1C(=O)NCCc1ccco1. The van der Waals surface area contributed by atoms with Gasteiger partial charge in [-0.15, -0.1) is 0 Å². The van der Waals surface area contributed by atoms with Crippen molar-refractivity contribution in [3.63, 3.8) is 0 Å². The van der Waals surface area contributed by atoms with Gasteiger partial charge >= 0.3 is 5.63 Å². The number of carbonyl (C=O) groups excluding carboxylic acids is 1. The number of furan rings is 1. The number of amides is 1. The Kier molecular flexibility index (Phi) is 5.15. The van der Waals surface area contributed by atoms with Gasteiger partial charge in [-0.25, -0.2) is 4.79 Å². The zero-order valence-corrected chi connectivity index (χ0v) is 13.8. The Balaban J connectivity index is 1.68. The highest BCUT2D eigenvalue weighted by Gasteiger charge is 2.22. The number of aryl methyl sites for hydroxylation is 1. The fraction of sp³-hybridized carbons (Fsp3) is 0.444. The normalized spacial score (nSPS) is 17.6. The fourth-order valence-electron chi connectivity index (χ4n) is 3.04. The molecule has 2 N–H and O–H groups in total. The van der Waals surface area contributed by atoms with Crippen LogP contribution < -0.4 is 16.3 Å². The van der Waals surface area contributed by atoms with Crippen LogP contribution >= 0.6 is 0 Å². The highest BCUT2D eigenvalue weighted by Crippen LogP contribution is 2.23. The smallest absolute Gasteiger partial charge is 0.349 e. The van der Waals surface area contributed by atoms with E-state index in [9.17, 15) is 9.59 Å². The molecule has 0 radical (unpaired) electrons. The average molecular weight is 330 g/mol. The number of piperidine rings is 1. The second-order valence-electron chi connectivity index (χ2n) is 6.12. The monoisotopic (exact) mass is 330 g/mol. The summed E-state index contributed by atoms with van der Waals surface area (Å²) in [6.07, 6.45) is 4.22. The predicted molar refractivity (Wildman–Crippen MR) is 89.3 cm³/mol. The molecule has 1 atom stereocenters. The fourth-order valence-corrected chi connectivity index (χ4v) is 3.04. The van der Waals surface area contributed by atoms with Crippen LogP contribution in [0.1, 0.15) is 46.2 Å². The van der Waals surface area contributed by atoms with Gasteiger partial charge in [0.05, 0.1) is 6.26 Å². The van der Waals surface area contributed by atoms with Crippen LogP contribution in [0.4, 0.5) is 0 Å². The average Bonchev–Trinajstić information content (AvgIpc) is 3.08. The Morgan fingerprint density at radius 3 is 3.00 bits per heavy atom. The Morgan fingerprint density at radius 2 is 2.33 bits per heavy atom. The topological polar surface area (TPSA) is 84.5 Å². The van der Waals surface area contributed by atoms with Gasteiger partial charge in [-0.05, 0) is 50.1 Å². The van der Waals surface area contributed by atoms with Crippen molar-refractivity contribution >= 4 is 5.91 Å². The molecule has 1 aliphatic heterocycles. The van der Waals surface area contributed by atoms with E-state index < -0.39 is 11.5 Å². The lowest BCUT2D eigenvalue weighted by molar-refractivity contribution is 0.0948. The Bertz CT molecular complexity index is 743. The van der Waals surface area contributed by atoms with Crippen molar-refractivity contribution in [3.8, 4) is 0 Å². The molecule has 3 rings (SSSR count). The van der Waals surface area contributed by atoms with Gasteiger partial charge < -0.3 is 19.5 Å². The Morgan fingerprint density at radius 1 is 1.46 bits per heavy atom. The molecule has 24 heavy (non-hydrogen) atoms. The maximum absolute atomic E-state index is 12.3. The molecule has 128 valence electrons. The lowest BCUT2D eigenvalue weighted by Crippen LogP contribution is -2.32. The maximum Gasteiger partial charge on any atom is 0.349 e. The highest BCUT2D eigenvalue weighted by molar-refractivity contribution is 5.95. The summed E-state index contributed by atoms with van der Waals surface area (Å²) in [7, 11) is 0. The third-order valence-electron chi connectivity index (χ3n) is 4.33. The van der Waals surface area contributed by atoms with E-state index in [1.807, 2.05) is 12.1 Å². The van der Waals surface area contributed by atoms with Crippen LogP contribution in [-0.4, -0.2) is 25.5 Å². The van der Waals surface area contributed by atoms with E-state index in [1.165, 1.54) is 0 Å². The third kappa shape index (κ3) is 3.76. The second kappa shape index (κ2) is 7.49. The first kappa shape index (κ1) is 16.5. The number of hydrogen-bond acceptors (Lipinski definition) is 5. The number of nitrogens with one attached hydrogen (secondary N) is 2. The van der Waals surface area contributed by atoms with Crippen molar-refractivity contribution in [1.29, 1.82) is 0 Å². The first-order valence-corrected chi connectivity index (χ1v) is 8.31. The van der Waals surface area contributed by atoms with Gasteiger partial charge in [0.2, 0.25) is 0 Å². The van der Waals surface area contributed by atoms with Gasteiger partial charge in [0.15, 0.2) is 0 Å². The van der Waals surface area contributed by atoms with Crippen LogP contribution in [-0.2, 0) is 6.42 Å². The van der Waals surface area contributed by atoms with E-state index in [-0.39, 0.29) is 11.5 Å². The molecule has 1 amide bonds. The van der Waals surface area contributed by atoms with E-state index >= 15 is 0 Å². The molecular weight excluding hydrogens is 308 g/mol. The van der Waals surface area contributed by atoms with Crippen molar-refractivity contribution in [2.75, 3.05) is 19.6 Å². The van der Waals surface area contributed by atoms with Crippen molar-refractivity contribution in [3.05, 3.63) is 57.5 Å². The van der Waals surface area contributed by atoms with E-state index in [0.717, 1.165) is 31.7 Å². The molecule has 2 aromatic rings. The van der Waals surface area contributed by atoms with Crippen LogP contribution in [0.15, 0.2) is 38.1 Å². The number of rotatable bonds is 5. The summed E-state index contributed by atoms with van der Waals surface area (Å²) < 4.78 is 10.6. The molecule has 1 aliphatic rings. The standard InChI is InChI=1S/C18H22N2O4/c1-12-10-15(13-4-2-7-19-11-13)24-18(22)16(12)17(21)20-8-6-14-5-3-9-23-14/h3,5,9-10,13,19H,2,4,6-8,11H2,1H3,(H,20,21). The lowest BCUT2D eigenvalue weighted by Gasteiger charge is -2.22. The van der Waals surface area contributed by atoms with Crippen molar-refractivity contribution in [2.24, 2.45) is 0 Å².